The van der Waals surface area contributed by atoms with Crippen molar-refractivity contribution in [3.05, 3.63) is 29.8 Å². The van der Waals surface area contributed by atoms with E-state index in [0.717, 1.165) is 25.2 Å². The average Bonchev–Trinajstić information content (AvgIpc) is 2.90. The third kappa shape index (κ3) is 2.80. The van der Waals surface area contributed by atoms with E-state index in [4.69, 9.17) is 0 Å². The van der Waals surface area contributed by atoms with Crippen LogP contribution in [0.25, 0.3) is 0 Å². The molecule has 20 heavy (non-hydrogen) atoms. The summed E-state index contributed by atoms with van der Waals surface area (Å²) >= 11 is 0. The summed E-state index contributed by atoms with van der Waals surface area (Å²) in [5.41, 5.74) is 2.34. The number of rotatable bonds is 3. The Hall–Kier alpha value is -1.55. The van der Waals surface area contributed by atoms with Gasteiger partial charge in [0.25, 0.3) is 0 Å². The van der Waals surface area contributed by atoms with Crippen molar-refractivity contribution in [3.8, 4) is 0 Å². The Morgan fingerprint density at radius 1 is 1.40 bits per heavy atom. The molecule has 2 aliphatic rings. The van der Waals surface area contributed by atoms with Crippen molar-refractivity contribution in [2.45, 2.75) is 37.8 Å². The van der Waals surface area contributed by atoms with Gasteiger partial charge in [0.15, 0.2) is 0 Å². The molecule has 0 bridgehead atoms. The number of hydrogen-bond donors (Lipinski definition) is 2. The Bertz CT molecular complexity index is 463. The summed E-state index contributed by atoms with van der Waals surface area (Å²) < 4.78 is 0. The van der Waals surface area contributed by atoms with Crippen LogP contribution in [0.4, 0.5) is 5.69 Å². The maximum Gasteiger partial charge on any atom is 0.242 e. The Labute approximate surface area is 120 Å². The number of carbonyl (C=O) groups excluding carboxylic acids is 1. The summed E-state index contributed by atoms with van der Waals surface area (Å²) in [5.74, 6) is 0.125. The third-order valence-corrected chi connectivity index (χ3v) is 4.52. The fourth-order valence-corrected chi connectivity index (χ4v) is 3.20. The van der Waals surface area contributed by atoms with E-state index in [-0.39, 0.29) is 11.9 Å². The van der Waals surface area contributed by atoms with Crippen molar-refractivity contribution in [2.75, 3.05) is 25.5 Å². The molecule has 4 heteroatoms. The van der Waals surface area contributed by atoms with Gasteiger partial charge in [0, 0.05) is 24.7 Å². The molecule has 4 nitrogen and oxygen atoms in total. The highest BCUT2D eigenvalue weighted by Crippen LogP contribution is 2.25. The molecule has 1 amide bonds. The van der Waals surface area contributed by atoms with E-state index < -0.39 is 0 Å². The van der Waals surface area contributed by atoms with Crippen molar-refractivity contribution >= 4 is 11.6 Å². The topological polar surface area (TPSA) is 44.4 Å². The summed E-state index contributed by atoms with van der Waals surface area (Å²) in [6, 6.07) is 8.54. The van der Waals surface area contributed by atoms with Crippen molar-refractivity contribution in [3.63, 3.8) is 0 Å². The van der Waals surface area contributed by atoms with Crippen molar-refractivity contribution < 1.29 is 4.79 Å². The summed E-state index contributed by atoms with van der Waals surface area (Å²) in [5, 5.41) is 6.42. The number of piperidine rings is 1. The molecule has 0 radical (unpaired) electrons. The lowest BCUT2D eigenvalue weighted by Crippen LogP contribution is -2.47. The number of fused-ring (bicyclic) bond motifs is 1. The summed E-state index contributed by atoms with van der Waals surface area (Å²) in [7, 11) is 2.15. The first-order chi connectivity index (χ1) is 9.74. The number of carbonyl (C=O) groups is 1. The molecular formula is C16H23N3O. The van der Waals surface area contributed by atoms with E-state index >= 15 is 0 Å². The molecule has 0 spiro atoms. The number of para-hydroxylation sites is 1. The fourth-order valence-electron chi connectivity index (χ4n) is 3.20. The second-order valence-electron chi connectivity index (χ2n) is 5.93. The van der Waals surface area contributed by atoms with Gasteiger partial charge in [-0.25, -0.2) is 0 Å². The van der Waals surface area contributed by atoms with Gasteiger partial charge in [-0.05, 0) is 38.1 Å². The van der Waals surface area contributed by atoms with Gasteiger partial charge in [0.2, 0.25) is 5.91 Å². The first kappa shape index (κ1) is 13.4. The molecule has 2 atom stereocenters. The standard InChI is InChI=1S/C16H23N3O/c1-19-9-5-4-7-13(19)11-17-16(20)15-10-12-6-2-3-8-14(12)18-15/h2-3,6,8,13,15,18H,4-5,7,9-11H2,1H3,(H,17,20). The Morgan fingerprint density at radius 2 is 2.25 bits per heavy atom. The predicted octanol–water partition coefficient (Wildman–Crippen LogP) is 1.62. The van der Waals surface area contributed by atoms with Crippen molar-refractivity contribution in [1.29, 1.82) is 0 Å². The normalized spacial score (nSPS) is 25.9. The molecule has 2 heterocycles. The summed E-state index contributed by atoms with van der Waals surface area (Å²) in [6.45, 7) is 1.91. The SMILES string of the molecule is CN1CCCCC1CNC(=O)C1Cc2ccccc2N1. The number of likely N-dealkylation sites (N-methyl/N-ethyl adjacent to an activating group) is 1. The van der Waals surface area contributed by atoms with Gasteiger partial charge in [-0.15, -0.1) is 0 Å². The van der Waals surface area contributed by atoms with Gasteiger partial charge < -0.3 is 15.5 Å². The molecule has 1 aromatic rings. The lowest BCUT2D eigenvalue weighted by Gasteiger charge is -2.32. The molecule has 2 unspecified atom stereocenters. The zero-order chi connectivity index (χ0) is 13.9. The Kier molecular flexibility index (Phi) is 3.92. The zero-order valence-corrected chi connectivity index (χ0v) is 12.1. The zero-order valence-electron chi connectivity index (χ0n) is 12.1. The van der Waals surface area contributed by atoms with Crippen LogP contribution in [-0.4, -0.2) is 43.0 Å². The molecule has 3 rings (SSSR count). The highest BCUT2D eigenvalue weighted by Gasteiger charge is 2.27. The quantitative estimate of drug-likeness (QED) is 0.879. The predicted molar refractivity (Wildman–Crippen MR) is 80.8 cm³/mol. The monoisotopic (exact) mass is 273 g/mol. The number of benzene rings is 1. The minimum Gasteiger partial charge on any atom is -0.373 e. The van der Waals surface area contributed by atoms with E-state index in [2.05, 4.69) is 28.6 Å². The van der Waals surface area contributed by atoms with Gasteiger partial charge in [-0.3, -0.25) is 4.79 Å². The maximum absolute atomic E-state index is 12.3. The minimum atomic E-state index is -0.110. The number of likely N-dealkylation sites (tertiary alicyclic amines) is 1. The summed E-state index contributed by atoms with van der Waals surface area (Å²) in [4.78, 5) is 14.6. The molecule has 2 aliphatic heterocycles. The molecular weight excluding hydrogens is 250 g/mol. The van der Waals surface area contributed by atoms with Crippen LogP contribution in [0.2, 0.25) is 0 Å². The Morgan fingerprint density at radius 3 is 3.05 bits per heavy atom. The van der Waals surface area contributed by atoms with Crippen LogP contribution in [0, 0.1) is 0 Å². The molecule has 0 aromatic heterocycles. The van der Waals surface area contributed by atoms with E-state index in [0.29, 0.717) is 6.04 Å². The van der Waals surface area contributed by atoms with Crippen LogP contribution < -0.4 is 10.6 Å². The summed E-state index contributed by atoms with van der Waals surface area (Å²) in [6.07, 6.45) is 4.54. The largest absolute Gasteiger partial charge is 0.373 e. The van der Waals surface area contributed by atoms with Crippen LogP contribution in [0.3, 0.4) is 0 Å². The van der Waals surface area contributed by atoms with Gasteiger partial charge in [-0.2, -0.15) is 0 Å². The number of nitrogens with one attached hydrogen (secondary N) is 2. The fraction of sp³-hybridized carbons (Fsp3) is 0.562. The van der Waals surface area contributed by atoms with Gasteiger partial charge >= 0.3 is 0 Å². The van der Waals surface area contributed by atoms with Gasteiger partial charge in [0.1, 0.15) is 6.04 Å². The highest BCUT2D eigenvalue weighted by molar-refractivity contribution is 5.87. The third-order valence-electron chi connectivity index (χ3n) is 4.52. The molecule has 0 saturated carbocycles. The van der Waals surface area contributed by atoms with Crippen LogP contribution in [0.1, 0.15) is 24.8 Å². The average molecular weight is 273 g/mol. The molecule has 1 aromatic carbocycles. The van der Waals surface area contributed by atoms with Crippen LogP contribution in [0.5, 0.6) is 0 Å². The van der Waals surface area contributed by atoms with E-state index in [1.54, 1.807) is 0 Å². The van der Waals surface area contributed by atoms with Crippen LogP contribution >= 0.6 is 0 Å². The highest BCUT2D eigenvalue weighted by atomic mass is 16.2. The second-order valence-corrected chi connectivity index (χ2v) is 5.93. The molecule has 1 saturated heterocycles. The van der Waals surface area contributed by atoms with E-state index in [1.807, 2.05) is 18.2 Å². The van der Waals surface area contributed by atoms with Gasteiger partial charge in [0.05, 0.1) is 0 Å². The Balaban J connectivity index is 1.51. The molecule has 0 aliphatic carbocycles. The first-order valence-corrected chi connectivity index (χ1v) is 7.56. The molecule has 2 N–H and O–H groups in total. The minimum absolute atomic E-state index is 0.110. The number of nitrogens with zero attached hydrogens (tertiary/aromatic N) is 1. The van der Waals surface area contributed by atoms with Crippen molar-refractivity contribution in [1.82, 2.24) is 10.2 Å². The van der Waals surface area contributed by atoms with Crippen LogP contribution in [0.15, 0.2) is 24.3 Å². The maximum atomic E-state index is 12.3. The van der Waals surface area contributed by atoms with Crippen molar-refractivity contribution in [2.24, 2.45) is 0 Å². The first-order valence-electron chi connectivity index (χ1n) is 7.56. The number of amides is 1. The number of hydrogen-bond acceptors (Lipinski definition) is 3. The number of anilines is 1. The molecule has 108 valence electrons. The second kappa shape index (κ2) is 5.83. The van der Waals surface area contributed by atoms with E-state index in [1.165, 1.54) is 24.8 Å². The smallest absolute Gasteiger partial charge is 0.242 e. The van der Waals surface area contributed by atoms with E-state index in [9.17, 15) is 4.79 Å². The van der Waals surface area contributed by atoms with Gasteiger partial charge in [-0.1, -0.05) is 24.6 Å². The lowest BCUT2D eigenvalue weighted by molar-refractivity contribution is -0.122. The van der Waals surface area contributed by atoms with Crippen LogP contribution in [-0.2, 0) is 11.2 Å². The lowest BCUT2D eigenvalue weighted by atomic mass is 10.0. The molecule has 1 fully saturated rings.